The molecule has 0 amide bonds. The van der Waals surface area contributed by atoms with Crippen LogP contribution in [0.4, 0.5) is 0 Å². The first-order valence-corrected chi connectivity index (χ1v) is 9.72. The highest BCUT2D eigenvalue weighted by Crippen LogP contribution is 2.29. The van der Waals surface area contributed by atoms with Crippen molar-refractivity contribution in [3.8, 4) is 0 Å². The number of sulfone groups is 1. The highest BCUT2D eigenvalue weighted by Gasteiger charge is 2.40. The maximum atomic E-state index is 11.6. The first kappa shape index (κ1) is 16.2. The molecule has 2 rings (SSSR count). The number of rotatable bonds is 3. The van der Waals surface area contributed by atoms with Crippen LogP contribution in [-0.2, 0) is 9.84 Å². The number of nitrogens with one attached hydrogen (secondary N) is 1. The van der Waals surface area contributed by atoms with Gasteiger partial charge in [0.2, 0.25) is 0 Å². The molecule has 118 valence electrons. The Morgan fingerprint density at radius 1 is 1.25 bits per heavy atom. The number of hydrogen-bond acceptors (Lipinski definition) is 5. The minimum absolute atomic E-state index is 0.114. The van der Waals surface area contributed by atoms with Crippen molar-refractivity contribution >= 4 is 9.84 Å². The van der Waals surface area contributed by atoms with Crippen molar-refractivity contribution in [2.24, 2.45) is 0 Å². The second-order valence-electron chi connectivity index (χ2n) is 6.66. The highest BCUT2D eigenvalue weighted by molar-refractivity contribution is 7.90. The van der Waals surface area contributed by atoms with Crippen LogP contribution in [0.3, 0.4) is 0 Å². The molecule has 2 aliphatic heterocycles. The first-order chi connectivity index (χ1) is 9.32. The molecule has 0 aliphatic carbocycles. The van der Waals surface area contributed by atoms with E-state index in [1.54, 1.807) is 0 Å². The van der Waals surface area contributed by atoms with Gasteiger partial charge in [0.1, 0.15) is 9.84 Å². The van der Waals surface area contributed by atoms with Crippen molar-refractivity contribution in [3.63, 3.8) is 0 Å². The average molecular weight is 303 g/mol. The summed E-state index contributed by atoms with van der Waals surface area (Å²) in [7, 11) is -0.676. The summed E-state index contributed by atoms with van der Waals surface area (Å²) in [6, 6.07) is 0.114. The van der Waals surface area contributed by atoms with E-state index in [4.69, 9.17) is 0 Å². The molecule has 1 spiro atoms. The fraction of sp³-hybridized carbons (Fsp3) is 1.00. The van der Waals surface area contributed by atoms with Gasteiger partial charge < -0.3 is 5.32 Å². The quantitative estimate of drug-likeness (QED) is 0.806. The second-order valence-corrected chi connectivity index (χ2v) is 8.85. The predicted molar refractivity (Wildman–Crippen MR) is 82.8 cm³/mol. The molecule has 5 nitrogen and oxygen atoms in total. The lowest BCUT2D eigenvalue weighted by atomic mass is 9.86. The Morgan fingerprint density at radius 2 is 1.90 bits per heavy atom. The Hall–Kier alpha value is -0.170. The second kappa shape index (κ2) is 6.30. The van der Waals surface area contributed by atoms with E-state index in [0.717, 1.165) is 52.0 Å². The summed E-state index contributed by atoms with van der Waals surface area (Å²) in [6.07, 6.45) is 4.78. The largest absolute Gasteiger partial charge is 0.317 e. The van der Waals surface area contributed by atoms with Gasteiger partial charge in [-0.15, -0.1) is 0 Å². The Labute approximate surface area is 123 Å². The van der Waals surface area contributed by atoms with Gasteiger partial charge in [-0.2, -0.15) is 0 Å². The van der Waals surface area contributed by atoms with Gasteiger partial charge in [-0.3, -0.25) is 9.80 Å². The molecular weight excluding hydrogens is 274 g/mol. The minimum Gasteiger partial charge on any atom is -0.317 e. The van der Waals surface area contributed by atoms with Crippen LogP contribution in [0.2, 0.25) is 0 Å². The Kier molecular flexibility index (Phi) is 5.10. The van der Waals surface area contributed by atoms with E-state index in [-0.39, 0.29) is 17.3 Å². The predicted octanol–water partition coefficient (Wildman–Crippen LogP) is 0.179. The van der Waals surface area contributed by atoms with Crippen LogP contribution in [0.15, 0.2) is 0 Å². The number of hydrogen-bond donors (Lipinski definition) is 1. The number of likely N-dealkylation sites (N-methyl/N-ethyl adjacent to an activating group) is 1. The van der Waals surface area contributed by atoms with Crippen LogP contribution in [-0.4, -0.2) is 81.6 Å². The van der Waals surface area contributed by atoms with Crippen molar-refractivity contribution in [2.75, 3.05) is 51.8 Å². The zero-order valence-electron chi connectivity index (χ0n) is 13.1. The SMILES string of the molecule is CC(CS(C)(=O)=O)N1CCCN(C)C2(CCNCC2)C1. The van der Waals surface area contributed by atoms with Crippen molar-refractivity contribution < 1.29 is 8.42 Å². The molecule has 1 N–H and O–H groups in total. The van der Waals surface area contributed by atoms with E-state index in [2.05, 4.69) is 29.1 Å². The van der Waals surface area contributed by atoms with Gasteiger partial charge in [0, 0.05) is 24.4 Å². The molecule has 2 fully saturated rings. The third-order valence-electron chi connectivity index (χ3n) is 4.95. The van der Waals surface area contributed by atoms with Crippen molar-refractivity contribution in [2.45, 2.75) is 37.8 Å². The summed E-state index contributed by atoms with van der Waals surface area (Å²) in [5.41, 5.74) is 0.230. The average Bonchev–Trinajstić information content (AvgIpc) is 2.50. The summed E-state index contributed by atoms with van der Waals surface area (Å²) in [6.45, 7) is 7.32. The lowest BCUT2D eigenvalue weighted by Crippen LogP contribution is -2.58. The molecule has 0 radical (unpaired) electrons. The van der Waals surface area contributed by atoms with E-state index in [1.165, 1.54) is 6.26 Å². The minimum atomic E-state index is -2.91. The van der Waals surface area contributed by atoms with Crippen LogP contribution >= 0.6 is 0 Å². The molecular formula is C14H29N3O2S. The Balaban J connectivity index is 2.10. The third kappa shape index (κ3) is 3.93. The maximum absolute atomic E-state index is 11.6. The zero-order chi connectivity index (χ0) is 14.8. The number of nitrogens with zero attached hydrogens (tertiary/aromatic N) is 2. The van der Waals surface area contributed by atoms with Gasteiger partial charge in [-0.1, -0.05) is 0 Å². The maximum Gasteiger partial charge on any atom is 0.148 e. The lowest BCUT2D eigenvalue weighted by Gasteiger charge is -2.46. The Bertz CT molecular complexity index is 418. The van der Waals surface area contributed by atoms with Crippen LogP contribution in [0.25, 0.3) is 0 Å². The van der Waals surface area contributed by atoms with Crippen LogP contribution in [0, 0.1) is 0 Å². The smallest absolute Gasteiger partial charge is 0.148 e. The molecule has 6 heteroatoms. The molecule has 0 aromatic heterocycles. The standard InChI is InChI=1S/C14H29N3O2S/c1-13(11-20(3,18)19)17-10-4-9-16(2)14(12-17)5-7-15-8-6-14/h13,15H,4-12H2,1-3H3. The summed E-state index contributed by atoms with van der Waals surface area (Å²) < 4.78 is 23.1. The van der Waals surface area contributed by atoms with Crippen molar-refractivity contribution in [1.29, 1.82) is 0 Å². The fourth-order valence-electron chi connectivity index (χ4n) is 3.68. The van der Waals surface area contributed by atoms with Gasteiger partial charge in [-0.05, 0) is 59.4 Å². The van der Waals surface area contributed by atoms with Gasteiger partial charge >= 0.3 is 0 Å². The van der Waals surface area contributed by atoms with E-state index < -0.39 is 9.84 Å². The zero-order valence-corrected chi connectivity index (χ0v) is 13.9. The third-order valence-corrected chi connectivity index (χ3v) is 6.04. The molecule has 2 heterocycles. The summed E-state index contributed by atoms with van der Waals surface area (Å²) >= 11 is 0. The summed E-state index contributed by atoms with van der Waals surface area (Å²) in [5.74, 6) is 0.269. The molecule has 1 unspecified atom stereocenters. The van der Waals surface area contributed by atoms with E-state index >= 15 is 0 Å². The Morgan fingerprint density at radius 3 is 2.50 bits per heavy atom. The van der Waals surface area contributed by atoms with E-state index in [0.29, 0.717) is 0 Å². The normalized spacial score (nSPS) is 27.4. The molecule has 0 saturated carbocycles. The number of piperidine rings is 1. The van der Waals surface area contributed by atoms with E-state index in [9.17, 15) is 8.42 Å². The van der Waals surface area contributed by atoms with Gasteiger partial charge in [-0.25, -0.2) is 8.42 Å². The molecule has 0 aromatic rings. The van der Waals surface area contributed by atoms with E-state index in [1.807, 2.05) is 0 Å². The summed E-state index contributed by atoms with van der Waals surface area (Å²) in [5, 5.41) is 3.44. The van der Waals surface area contributed by atoms with Crippen LogP contribution in [0.1, 0.15) is 26.2 Å². The molecule has 20 heavy (non-hydrogen) atoms. The van der Waals surface area contributed by atoms with Gasteiger partial charge in [0.15, 0.2) is 0 Å². The first-order valence-electron chi connectivity index (χ1n) is 7.66. The molecule has 2 saturated heterocycles. The fourth-order valence-corrected chi connectivity index (χ4v) is 4.76. The molecule has 2 aliphatic rings. The van der Waals surface area contributed by atoms with Crippen molar-refractivity contribution in [1.82, 2.24) is 15.1 Å². The van der Waals surface area contributed by atoms with Crippen LogP contribution in [0.5, 0.6) is 0 Å². The molecule has 1 atom stereocenters. The van der Waals surface area contributed by atoms with Crippen molar-refractivity contribution in [3.05, 3.63) is 0 Å². The summed E-state index contributed by atoms with van der Waals surface area (Å²) in [4.78, 5) is 4.91. The molecule has 0 bridgehead atoms. The van der Waals surface area contributed by atoms with Gasteiger partial charge in [0.05, 0.1) is 5.75 Å². The molecule has 0 aromatic carbocycles. The highest BCUT2D eigenvalue weighted by atomic mass is 32.2. The topological polar surface area (TPSA) is 52.7 Å². The van der Waals surface area contributed by atoms with Gasteiger partial charge in [0.25, 0.3) is 0 Å². The van der Waals surface area contributed by atoms with Crippen LogP contribution < -0.4 is 5.32 Å². The lowest BCUT2D eigenvalue weighted by molar-refractivity contribution is 0.0576. The monoisotopic (exact) mass is 303 g/mol.